The molecule has 1 heterocycles. The van der Waals surface area contributed by atoms with E-state index in [9.17, 15) is 14.7 Å². The van der Waals surface area contributed by atoms with Crippen molar-refractivity contribution < 1.29 is 24.2 Å². The lowest BCUT2D eigenvalue weighted by molar-refractivity contribution is 0.0123. The number of amides is 2. The average molecular weight is 567 g/mol. The largest absolute Gasteiger partial charge is 0.504 e. The summed E-state index contributed by atoms with van der Waals surface area (Å²) >= 11 is 0. The van der Waals surface area contributed by atoms with Crippen molar-refractivity contribution in [3.63, 3.8) is 0 Å². The van der Waals surface area contributed by atoms with Gasteiger partial charge in [-0.2, -0.15) is 5.10 Å². The van der Waals surface area contributed by atoms with Crippen LogP contribution < -0.4 is 21.1 Å². The molecule has 41 heavy (non-hydrogen) atoms. The predicted octanol–water partition coefficient (Wildman–Crippen LogP) is 5.49. The average Bonchev–Trinajstić information content (AvgIpc) is 3.65. The van der Waals surface area contributed by atoms with E-state index < -0.39 is 11.5 Å². The fourth-order valence-electron chi connectivity index (χ4n) is 4.97. The Morgan fingerprint density at radius 1 is 1.22 bits per heavy atom. The van der Waals surface area contributed by atoms with Crippen LogP contribution >= 0.6 is 0 Å². The van der Waals surface area contributed by atoms with Gasteiger partial charge < -0.3 is 35.8 Å². The van der Waals surface area contributed by atoms with Gasteiger partial charge >= 0.3 is 6.09 Å². The zero-order valence-corrected chi connectivity index (χ0v) is 24.8. The van der Waals surface area contributed by atoms with E-state index in [1.807, 2.05) is 38.9 Å². The number of ether oxygens (including phenoxy) is 2. The fraction of sp³-hybridized carbons (Fsp3) is 0.500. The number of phenols is 1. The fourth-order valence-corrected chi connectivity index (χ4v) is 4.97. The van der Waals surface area contributed by atoms with Gasteiger partial charge in [-0.3, -0.25) is 9.48 Å². The van der Waals surface area contributed by atoms with Gasteiger partial charge in [-0.1, -0.05) is 13.3 Å². The van der Waals surface area contributed by atoms with Gasteiger partial charge in [0, 0.05) is 43.3 Å². The first kappa shape index (κ1) is 29.8. The topological polar surface area (TPSA) is 144 Å². The number of fused-ring (bicyclic) bond motifs is 1. The molecular formula is C30H42N6O5. The summed E-state index contributed by atoms with van der Waals surface area (Å²) < 4.78 is 12.8. The maximum absolute atomic E-state index is 13.1. The molecule has 1 saturated carbocycles. The molecule has 11 nitrogen and oxygen atoms in total. The maximum atomic E-state index is 13.1. The number of nitrogens with two attached hydrogens (primary N) is 1. The van der Waals surface area contributed by atoms with Crippen LogP contribution in [-0.4, -0.2) is 63.1 Å². The molecule has 222 valence electrons. The number of aromatic hydroxyl groups is 1. The second-order valence-electron chi connectivity index (χ2n) is 11.6. The number of carbonyl (C=O) groups is 2. The van der Waals surface area contributed by atoms with Crippen molar-refractivity contribution in [1.82, 2.24) is 14.7 Å². The standard InChI is InChI=1S/C30H42N6O5/c1-7-8-19(36(20-9-10-20)29(39)41-30(2,3)4)13-14-32-22-12-11-21(26(31)27(22)37)28(38)33-24-15-18-17-35(5)34-23(18)16-25(24)40-6/h11-12,15-17,19-20,32,37H,7-10,13-14,31H2,1-6H3,(H,33,38). The summed E-state index contributed by atoms with van der Waals surface area (Å²) in [4.78, 5) is 28.0. The molecule has 1 aliphatic rings. The van der Waals surface area contributed by atoms with Crippen molar-refractivity contribution in [2.75, 3.05) is 30.0 Å². The van der Waals surface area contributed by atoms with Crippen molar-refractivity contribution in [3.8, 4) is 11.5 Å². The summed E-state index contributed by atoms with van der Waals surface area (Å²) in [6, 6.07) is 6.94. The number of rotatable bonds is 11. The monoisotopic (exact) mass is 566 g/mol. The highest BCUT2D eigenvalue weighted by Crippen LogP contribution is 2.36. The Kier molecular flexibility index (Phi) is 8.84. The third kappa shape index (κ3) is 7.14. The van der Waals surface area contributed by atoms with Gasteiger partial charge in [-0.05, 0) is 64.7 Å². The number of aryl methyl sites for hydroxylation is 1. The number of carbonyl (C=O) groups excluding carboxylic acids is 2. The Bertz CT molecular complexity index is 1410. The molecule has 2 amide bonds. The molecule has 1 aromatic heterocycles. The smallest absolute Gasteiger partial charge is 0.410 e. The maximum Gasteiger partial charge on any atom is 0.410 e. The molecule has 1 fully saturated rings. The molecule has 11 heteroatoms. The van der Waals surface area contributed by atoms with Gasteiger partial charge in [0.15, 0.2) is 5.75 Å². The Labute approximate surface area is 241 Å². The SMILES string of the molecule is CCCC(CCNc1ccc(C(=O)Nc2cc3cn(C)nc3cc2OC)c(N)c1O)N(C(=O)OC(C)(C)C)C1CC1. The van der Waals surface area contributed by atoms with E-state index in [1.165, 1.54) is 7.11 Å². The summed E-state index contributed by atoms with van der Waals surface area (Å²) in [6.07, 6.45) is 5.97. The minimum atomic E-state index is -0.562. The Morgan fingerprint density at radius 2 is 1.95 bits per heavy atom. The van der Waals surface area contributed by atoms with E-state index >= 15 is 0 Å². The summed E-state index contributed by atoms with van der Waals surface area (Å²) in [5, 5.41) is 22.1. The normalized spacial score (nSPS) is 14.0. The molecular weight excluding hydrogens is 524 g/mol. The predicted molar refractivity (Wildman–Crippen MR) is 161 cm³/mol. The molecule has 0 bridgehead atoms. The van der Waals surface area contributed by atoms with Crippen LogP contribution in [0.25, 0.3) is 10.9 Å². The molecule has 0 aliphatic heterocycles. The highest BCUT2D eigenvalue weighted by molar-refractivity contribution is 6.10. The van der Waals surface area contributed by atoms with Crippen LogP contribution in [0.5, 0.6) is 11.5 Å². The van der Waals surface area contributed by atoms with Gasteiger partial charge in [-0.25, -0.2) is 4.79 Å². The van der Waals surface area contributed by atoms with Gasteiger partial charge in [0.05, 0.1) is 35.3 Å². The molecule has 5 N–H and O–H groups in total. The van der Waals surface area contributed by atoms with Crippen molar-refractivity contribution >= 4 is 40.0 Å². The van der Waals surface area contributed by atoms with E-state index in [1.54, 1.807) is 28.9 Å². The van der Waals surface area contributed by atoms with Gasteiger partial charge in [0.2, 0.25) is 0 Å². The number of nitrogens with zero attached hydrogens (tertiary/aromatic N) is 3. The van der Waals surface area contributed by atoms with E-state index in [-0.39, 0.29) is 35.2 Å². The number of hydrogen-bond acceptors (Lipinski definition) is 8. The van der Waals surface area contributed by atoms with Crippen LogP contribution in [0.3, 0.4) is 0 Å². The molecule has 0 saturated heterocycles. The third-order valence-electron chi connectivity index (χ3n) is 7.00. The van der Waals surface area contributed by atoms with Crippen LogP contribution in [0.4, 0.5) is 21.9 Å². The van der Waals surface area contributed by atoms with Crippen LogP contribution in [0.2, 0.25) is 0 Å². The Balaban J connectivity index is 1.44. The second kappa shape index (κ2) is 12.2. The van der Waals surface area contributed by atoms with Crippen molar-refractivity contribution in [2.45, 2.75) is 77.5 Å². The first-order valence-electron chi connectivity index (χ1n) is 14.1. The highest BCUT2D eigenvalue weighted by Gasteiger charge is 2.39. The zero-order valence-electron chi connectivity index (χ0n) is 24.8. The van der Waals surface area contributed by atoms with Crippen LogP contribution in [0.1, 0.15) is 70.2 Å². The number of phenolic OH excluding ortho intramolecular Hbond substituents is 1. The number of aromatic nitrogens is 2. The number of benzene rings is 2. The summed E-state index contributed by atoms with van der Waals surface area (Å²) in [7, 11) is 3.33. The summed E-state index contributed by atoms with van der Waals surface area (Å²) in [6.45, 7) is 8.22. The molecule has 4 rings (SSSR count). The number of anilines is 3. The molecule has 1 aliphatic carbocycles. The van der Waals surface area contributed by atoms with E-state index in [0.29, 0.717) is 30.1 Å². The molecule has 2 aromatic carbocycles. The number of nitrogen functional groups attached to an aromatic ring is 1. The van der Waals surface area contributed by atoms with E-state index in [4.69, 9.17) is 15.2 Å². The second-order valence-corrected chi connectivity index (χ2v) is 11.6. The third-order valence-corrected chi connectivity index (χ3v) is 7.00. The van der Waals surface area contributed by atoms with Crippen molar-refractivity contribution in [3.05, 3.63) is 36.0 Å². The minimum Gasteiger partial charge on any atom is -0.504 e. The Hall–Kier alpha value is -4.15. The zero-order chi connectivity index (χ0) is 29.9. The Morgan fingerprint density at radius 3 is 2.59 bits per heavy atom. The van der Waals surface area contributed by atoms with Crippen LogP contribution in [0.15, 0.2) is 30.5 Å². The van der Waals surface area contributed by atoms with E-state index in [0.717, 1.165) is 36.6 Å². The summed E-state index contributed by atoms with van der Waals surface area (Å²) in [5.41, 5.74) is 7.37. The van der Waals surface area contributed by atoms with E-state index in [2.05, 4.69) is 22.7 Å². The molecule has 0 spiro atoms. The molecule has 0 radical (unpaired) electrons. The van der Waals surface area contributed by atoms with Crippen LogP contribution in [-0.2, 0) is 11.8 Å². The number of methoxy groups -OCH3 is 1. The van der Waals surface area contributed by atoms with Gasteiger partial charge in [-0.15, -0.1) is 0 Å². The number of nitrogens with one attached hydrogen (secondary N) is 2. The lowest BCUT2D eigenvalue weighted by atomic mass is 10.1. The first-order chi connectivity index (χ1) is 19.4. The van der Waals surface area contributed by atoms with Gasteiger partial charge in [0.1, 0.15) is 11.4 Å². The first-order valence-corrected chi connectivity index (χ1v) is 14.1. The van der Waals surface area contributed by atoms with Gasteiger partial charge in [0.25, 0.3) is 5.91 Å². The highest BCUT2D eigenvalue weighted by atomic mass is 16.6. The van der Waals surface area contributed by atoms with Crippen molar-refractivity contribution in [1.29, 1.82) is 0 Å². The number of hydrogen-bond donors (Lipinski definition) is 4. The van der Waals surface area contributed by atoms with Crippen LogP contribution in [0, 0.1) is 0 Å². The molecule has 3 aromatic rings. The minimum absolute atomic E-state index is 0.00604. The quantitative estimate of drug-likeness (QED) is 0.176. The lowest BCUT2D eigenvalue weighted by Gasteiger charge is -2.34. The lowest BCUT2D eigenvalue weighted by Crippen LogP contribution is -2.45. The molecule has 1 atom stereocenters. The van der Waals surface area contributed by atoms with Crippen molar-refractivity contribution in [2.24, 2.45) is 7.05 Å². The summed E-state index contributed by atoms with van der Waals surface area (Å²) in [5.74, 6) is -0.226. The molecule has 1 unspecified atom stereocenters.